The predicted octanol–water partition coefficient (Wildman–Crippen LogP) is 3.76. The molecule has 0 bridgehead atoms. The van der Waals surface area contributed by atoms with Gasteiger partial charge in [0.25, 0.3) is 0 Å². The van der Waals surface area contributed by atoms with Gasteiger partial charge in [-0.15, -0.1) is 0 Å². The summed E-state index contributed by atoms with van der Waals surface area (Å²) in [6.07, 6.45) is 0. The van der Waals surface area contributed by atoms with Crippen LogP contribution in [0.2, 0.25) is 0 Å². The van der Waals surface area contributed by atoms with Crippen LogP contribution in [-0.2, 0) is 4.74 Å². The standard InChI is InChI=1S/C16H16O2/c1-11-5-4-6-13(9-11)14-7-8-15(12(2)10-14)16(17)18-3/h4-10H,1-3H3. The van der Waals surface area contributed by atoms with E-state index in [1.165, 1.54) is 12.7 Å². The maximum atomic E-state index is 11.5. The Morgan fingerprint density at radius 2 is 1.72 bits per heavy atom. The number of methoxy groups -OCH3 is 1. The molecular formula is C16H16O2. The molecule has 2 aromatic carbocycles. The summed E-state index contributed by atoms with van der Waals surface area (Å²) in [7, 11) is 1.40. The zero-order valence-corrected chi connectivity index (χ0v) is 10.9. The van der Waals surface area contributed by atoms with Gasteiger partial charge in [-0.3, -0.25) is 0 Å². The van der Waals surface area contributed by atoms with Gasteiger partial charge in [0.15, 0.2) is 0 Å². The Morgan fingerprint density at radius 1 is 1.00 bits per heavy atom. The number of benzene rings is 2. The molecule has 0 saturated carbocycles. The summed E-state index contributed by atoms with van der Waals surface area (Å²) in [5.74, 6) is -0.289. The highest BCUT2D eigenvalue weighted by Gasteiger charge is 2.09. The summed E-state index contributed by atoms with van der Waals surface area (Å²) in [4.78, 5) is 11.5. The fraction of sp³-hybridized carbons (Fsp3) is 0.188. The summed E-state index contributed by atoms with van der Waals surface area (Å²) in [6, 6.07) is 14.1. The average Bonchev–Trinajstić information content (AvgIpc) is 2.37. The Bertz CT molecular complexity index is 585. The molecule has 0 fully saturated rings. The quantitative estimate of drug-likeness (QED) is 0.747. The number of ether oxygens (including phenoxy) is 1. The Morgan fingerprint density at radius 3 is 2.33 bits per heavy atom. The van der Waals surface area contributed by atoms with E-state index in [4.69, 9.17) is 4.74 Å². The third-order valence-corrected chi connectivity index (χ3v) is 2.98. The van der Waals surface area contributed by atoms with Crippen molar-refractivity contribution < 1.29 is 9.53 Å². The zero-order valence-electron chi connectivity index (χ0n) is 10.9. The lowest BCUT2D eigenvalue weighted by Gasteiger charge is -2.08. The van der Waals surface area contributed by atoms with Gasteiger partial charge in [0.2, 0.25) is 0 Å². The van der Waals surface area contributed by atoms with Crippen LogP contribution in [0, 0.1) is 13.8 Å². The first-order valence-electron chi connectivity index (χ1n) is 5.88. The van der Waals surface area contributed by atoms with Crippen LogP contribution in [-0.4, -0.2) is 13.1 Å². The number of hydrogen-bond acceptors (Lipinski definition) is 2. The van der Waals surface area contributed by atoms with Gasteiger partial charge in [0, 0.05) is 0 Å². The van der Waals surface area contributed by atoms with Gasteiger partial charge >= 0.3 is 5.97 Å². The van der Waals surface area contributed by atoms with Crippen LogP contribution in [0.4, 0.5) is 0 Å². The van der Waals surface area contributed by atoms with Crippen molar-refractivity contribution in [2.24, 2.45) is 0 Å². The van der Waals surface area contributed by atoms with Crippen molar-refractivity contribution in [2.45, 2.75) is 13.8 Å². The molecule has 2 rings (SSSR count). The van der Waals surface area contributed by atoms with E-state index in [1.807, 2.05) is 31.2 Å². The molecule has 0 radical (unpaired) electrons. The Balaban J connectivity index is 2.43. The number of esters is 1. The van der Waals surface area contributed by atoms with E-state index < -0.39 is 0 Å². The highest BCUT2D eigenvalue weighted by Crippen LogP contribution is 2.23. The van der Waals surface area contributed by atoms with Crippen LogP contribution in [0.5, 0.6) is 0 Å². The lowest BCUT2D eigenvalue weighted by Crippen LogP contribution is -2.03. The first kappa shape index (κ1) is 12.4. The molecule has 0 saturated heterocycles. The molecule has 0 aliphatic rings. The normalized spacial score (nSPS) is 10.2. The van der Waals surface area contributed by atoms with Crippen molar-refractivity contribution in [2.75, 3.05) is 7.11 Å². The van der Waals surface area contributed by atoms with Crippen LogP contribution in [0.1, 0.15) is 21.5 Å². The smallest absolute Gasteiger partial charge is 0.338 e. The highest BCUT2D eigenvalue weighted by molar-refractivity contribution is 5.91. The van der Waals surface area contributed by atoms with E-state index in [9.17, 15) is 4.79 Å². The van der Waals surface area contributed by atoms with E-state index in [0.29, 0.717) is 5.56 Å². The molecule has 92 valence electrons. The van der Waals surface area contributed by atoms with Gasteiger partial charge < -0.3 is 4.74 Å². The minimum absolute atomic E-state index is 0.289. The van der Waals surface area contributed by atoms with Gasteiger partial charge in [-0.2, -0.15) is 0 Å². The van der Waals surface area contributed by atoms with Crippen molar-refractivity contribution in [3.63, 3.8) is 0 Å². The lowest BCUT2D eigenvalue weighted by molar-refractivity contribution is 0.0600. The molecule has 0 heterocycles. The third kappa shape index (κ3) is 2.43. The van der Waals surface area contributed by atoms with Gasteiger partial charge in [-0.1, -0.05) is 42.0 Å². The number of hydrogen-bond donors (Lipinski definition) is 0. The number of carbonyl (C=O) groups is 1. The summed E-state index contributed by atoms with van der Waals surface area (Å²) in [6.45, 7) is 3.99. The highest BCUT2D eigenvalue weighted by atomic mass is 16.5. The van der Waals surface area contributed by atoms with Crippen LogP contribution in [0.25, 0.3) is 11.1 Å². The lowest BCUT2D eigenvalue weighted by atomic mass is 9.99. The van der Waals surface area contributed by atoms with Crippen LogP contribution < -0.4 is 0 Å². The maximum absolute atomic E-state index is 11.5. The van der Waals surface area contributed by atoms with Crippen LogP contribution in [0.15, 0.2) is 42.5 Å². The Hall–Kier alpha value is -2.09. The molecule has 0 atom stereocenters. The second-order valence-electron chi connectivity index (χ2n) is 4.39. The molecule has 2 heteroatoms. The largest absolute Gasteiger partial charge is 0.465 e. The fourth-order valence-electron chi connectivity index (χ4n) is 2.01. The summed E-state index contributed by atoms with van der Waals surface area (Å²) in [5, 5.41) is 0. The van der Waals surface area contributed by atoms with Crippen LogP contribution >= 0.6 is 0 Å². The van der Waals surface area contributed by atoms with Crippen molar-refractivity contribution in [1.29, 1.82) is 0 Å². The van der Waals surface area contributed by atoms with Gasteiger partial charge in [0.1, 0.15) is 0 Å². The van der Waals surface area contributed by atoms with E-state index >= 15 is 0 Å². The fourth-order valence-corrected chi connectivity index (χ4v) is 2.01. The van der Waals surface area contributed by atoms with Gasteiger partial charge in [-0.05, 0) is 36.6 Å². The molecule has 0 amide bonds. The first-order valence-corrected chi connectivity index (χ1v) is 5.88. The summed E-state index contributed by atoms with van der Waals surface area (Å²) >= 11 is 0. The molecule has 18 heavy (non-hydrogen) atoms. The molecule has 0 unspecified atom stereocenters. The van der Waals surface area contributed by atoms with E-state index in [1.54, 1.807) is 0 Å². The van der Waals surface area contributed by atoms with Crippen molar-refractivity contribution >= 4 is 5.97 Å². The predicted molar refractivity (Wildman–Crippen MR) is 72.7 cm³/mol. The molecule has 0 aromatic heterocycles. The minimum atomic E-state index is -0.289. The van der Waals surface area contributed by atoms with E-state index in [2.05, 4.69) is 25.1 Å². The molecule has 0 N–H and O–H groups in total. The van der Waals surface area contributed by atoms with E-state index in [0.717, 1.165) is 16.7 Å². The van der Waals surface area contributed by atoms with E-state index in [-0.39, 0.29) is 5.97 Å². The molecule has 2 nitrogen and oxygen atoms in total. The average molecular weight is 240 g/mol. The minimum Gasteiger partial charge on any atom is -0.465 e. The van der Waals surface area contributed by atoms with Crippen molar-refractivity contribution in [1.82, 2.24) is 0 Å². The first-order chi connectivity index (χ1) is 8.61. The number of carbonyl (C=O) groups excluding carboxylic acids is 1. The van der Waals surface area contributed by atoms with Crippen molar-refractivity contribution in [3.8, 4) is 11.1 Å². The Labute approximate surface area is 107 Å². The van der Waals surface area contributed by atoms with Crippen molar-refractivity contribution in [3.05, 3.63) is 59.2 Å². The summed E-state index contributed by atoms with van der Waals surface area (Å²) in [5.41, 5.74) is 5.05. The second kappa shape index (κ2) is 5.05. The topological polar surface area (TPSA) is 26.3 Å². The SMILES string of the molecule is COC(=O)c1ccc(-c2cccc(C)c2)cc1C. The number of rotatable bonds is 2. The molecule has 0 spiro atoms. The molecular weight excluding hydrogens is 224 g/mol. The second-order valence-corrected chi connectivity index (χ2v) is 4.39. The van der Waals surface area contributed by atoms with Crippen LogP contribution in [0.3, 0.4) is 0 Å². The molecule has 0 aliphatic heterocycles. The summed E-state index contributed by atoms with van der Waals surface area (Å²) < 4.78 is 4.74. The Kier molecular flexibility index (Phi) is 3.47. The maximum Gasteiger partial charge on any atom is 0.338 e. The third-order valence-electron chi connectivity index (χ3n) is 2.98. The van der Waals surface area contributed by atoms with Gasteiger partial charge in [-0.25, -0.2) is 4.79 Å². The molecule has 2 aromatic rings. The zero-order chi connectivity index (χ0) is 13.1. The van der Waals surface area contributed by atoms with Gasteiger partial charge in [0.05, 0.1) is 12.7 Å². The molecule has 0 aliphatic carbocycles. The number of aryl methyl sites for hydroxylation is 2. The monoisotopic (exact) mass is 240 g/mol.